The predicted molar refractivity (Wildman–Crippen MR) is 139 cm³/mol. The fraction of sp³-hybridized carbons (Fsp3) is 0.423. The summed E-state index contributed by atoms with van der Waals surface area (Å²) in [4.78, 5) is 28.7. The van der Waals surface area contributed by atoms with Gasteiger partial charge in [0.25, 0.3) is 0 Å². The molecule has 35 heavy (non-hydrogen) atoms. The molecule has 0 saturated heterocycles. The van der Waals surface area contributed by atoms with E-state index in [1.54, 1.807) is 38.6 Å². The molecule has 0 saturated carbocycles. The number of fused-ring (bicyclic) bond motifs is 1. The van der Waals surface area contributed by atoms with Crippen molar-refractivity contribution in [1.29, 1.82) is 0 Å². The van der Waals surface area contributed by atoms with E-state index in [0.717, 1.165) is 17.0 Å². The average molecular weight is 484 g/mol. The molecule has 2 amide bonds. The maximum atomic E-state index is 12.2. The monoisotopic (exact) mass is 483 g/mol. The van der Waals surface area contributed by atoms with Crippen molar-refractivity contribution in [2.45, 2.75) is 40.3 Å². The number of rotatable bonds is 12. The first-order valence-corrected chi connectivity index (χ1v) is 11.5. The molecule has 0 bridgehead atoms. The van der Waals surface area contributed by atoms with Crippen molar-refractivity contribution >= 4 is 23.8 Å². The van der Waals surface area contributed by atoms with Gasteiger partial charge in [0.2, 0.25) is 11.8 Å². The fourth-order valence-electron chi connectivity index (χ4n) is 3.01. The number of nitrogens with one attached hydrogen (secondary N) is 4. The normalized spacial score (nSPS) is 15.2. The molecule has 9 nitrogen and oxygen atoms in total. The van der Waals surface area contributed by atoms with E-state index in [2.05, 4.69) is 32.8 Å². The number of benzene rings is 1. The molecule has 190 valence electrons. The molecule has 4 N–H and O–H groups in total. The van der Waals surface area contributed by atoms with Gasteiger partial charge in [0.15, 0.2) is 0 Å². The number of allylic oxidation sites excluding steroid dienone is 3. The highest BCUT2D eigenvalue weighted by molar-refractivity contribution is 5.97. The Bertz CT molecular complexity index is 992. The first kappa shape index (κ1) is 27.7. The summed E-state index contributed by atoms with van der Waals surface area (Å²) in [5.41, 5.74) is 2.96. The Morgan fingerprint density at radius 2 is 1.97 bits per heavy atom. The van der Waals surface area contributed by atoms with Gasteiger partial charge in [-0.1, -0.05) is 33.4 Å². The highest BCUT2D eigenvalue weighted by Gasteiger charge is 2.18. The topological polar surface area (TPSA) is 113 Å². The lowest BCUT2D eigenvalue weighted by atomic mass is 9.97. The second-order valence-corrected chi connectivity index (χ2v) is 9.22. The van der Waals surface area contributed by atoms with Gasteiger partial charge in [-0.05, 0) is 36.6 Å². The van der Waals surface area contributed by atoms with Gasteiger partial charge < -0.3 is 30.7 Å². The zero-order chi connectivity index (χ0) is 25.8. The van der Waals surface area contributed by atoms with E-state index in [4.69, 9.17) is 9.47 Å². The van der Waals surface area contributed by atoms with Gasteiger partial charge >= 0.3 is 0 Å². The minimum absolute atomic E-state index is 0.0458. The first-order chi connectivity index (χ1) is 16.6. The van der Waals surface area contributed by atoms with E-state index in [9.17, 15) is 9.59 Å². The van der Waals surface area contributed by atoms with Crippen LogP contribution in [-0.4, -0.2) is 45.0 Å². The molecule has 1 heterocycles. The maximum absolute atomic E-state index is 12.2. The van der Waals surface area contributed by atoms with Crippen LogP contribution in [0.4, 0.5) is 5.69 Å². The number of anilines is 1. The van der Waals surface area contributed by atoms with Gasteiger partial charge in [-0.25, -0.2) is 4.99 Å². The Labute approximate surface area is 207 Å². The number of carbonyl (C=O) groups is 2. The Hall–Kier alpha value is -3.59. The molecule has 0 fully saturated rings. The molecule has 0 radical (unpaired) electrons. The molecule has 1 atom stereocenters. The summed E-state index contributed by atoms with van der Waals surface area (Å²) < 4.78 is 10.7. The smallest absolute Gasteiger partial charge is 0.233 e. The highest BCUT2D eigenvalue weighted by atomic mass is 16.5. The molecule has 0 spiro atoms. The van der Waals surface area contributed by atoms with E-state index in [0.29, 0.717) is 31.2 Å². The number of aliphatic imine (C=N–C) groups is 1. The van der Waals surface area contributed by atoms with Crippen LogP contribution in [0.1, 0.15) is 45.8 Å². The molecule has 1 aromatic carbocycles. The lowest BCUT2D eigenvalue weighted by molar-refractivity contribution is -0.129. The molecular weight excluding hydrogens is 446 g/mol. The zero-order valence-corrected chi connectivity index (χ0v) is 21.2. The summed E-state index contributed by atoms with van der Waals surface area (Å²) in [6.45, 7) is 13.4. The van der Waals surface area contributed by atoms with Crippen LogP contribution >= 0.6 is 0 Å². The first-order valence-electron chi connectivity index (χ1n) is 11.5. The van der Waals surface area contributed by atoms with Crippen molar-refractivity contribution in [3.63, 3.8) is 0 Å². The number of nitrogens with zero attached hydrogens (tertiary/aromatic N) is 1. The van der Waals surface area contributed by atoms with Crippen LogP contribution in [0.5, 0.6) is 5.75 Å². The van der Waals surface area contributed by atoms with Gasteiger partial charge in [0.1, 0.15) is 24.9 Å². The largest absolute Gasteiger partial charge is 0.491 e. The Morgan fingerprint density at radius 3 is 2.66 bits per heavy atom. The summed E-state index contributed by atoms with van der Waals surface area (Å²) in [6.07, 6.45) is 6.27. The average Bonchev–Trinajstić information content (AvgIpc) is 2.80. The van der Waals surface area contributed by atoms with Crippen LogP contribution in [-0.2, 0) is 14.3 Å². The number of hydrogen-bond acceptors (Lipinski definition) is 7. The maximum Gasteiger partial charge on any atom is 0.233 e. The molecule has 0 aliphatic carbocycles. The van der Waals surface area contributed by atoms with Gasteiger partial charge in [-0.3, -0.25) is 9.59 Å². The lowest BCUT2D eigenvalue weighted by Gasteiger charge is -2.23. The Kier molecular flexibility index (Phi) is 10.5. The van der Waals surface area contributed by atoms with Crippen LogP contribution in [0, 0.1) is 5.41 Å². The third-order valence-corrected chi connectivity index (χ3v) is 4.84. The Morgan fingerprint density at radius 1 is 1.20 bits per heavy atom. The molecule has 1 aromatic rings. The van der Waals surface area contributed by atoms with Crippen molar-refractivity contribution in [2.75, 3.05) is 32.2 Å². The van der Waals surface area contributed by atoms with Gasteiger partial charge in [0.05, 0.1) is 18.6 Å². The SMILES string of the molecule is C=C(/C=C\C(=C/C)NC(=O)CC(=O)NCC(C)(C)C)NC1N=CNc2cc(OCCOC)ccc21. The minimum Gasteiger partial charge on any atom is -0.491 e. The van der Waals surface area contributed by atoms with Crippen molar-refractivity contribution in [3.8, 4) is 5.75 Å². The van der Waals surface area contributed by atoms with Crippen LogP contribution in [0.3, 0.4) is 0 Å². The molecule has 9 heteroatoms. The van der Waals surface area contributed by atoms with Crippen LogP contribution in [0.15, 0.2) is 59.4 Å². The quantitative estimate of drug-likeness (QED) is 0.206. The summed E-state index contributed by atoms with van der Waals surface area (Å²) in [5, 5.41) is 11.9. The second kappa shape index (κ2) is 13.3. The van der Waals surface area contributed by atoms with Crippen molar-refractivity contribution in [1.82, 2.24) is 16.0 Å². The van der Waals surface area contributed by atoms with Crippen LogP contribution < -0.4 is 26.0 Å². The lowest BCUT2D eigenvalue weighted by Crippen LogP contribution is -2.35. The minimum atomic E-state index is -0.381. The van der Waals surface area contributed by atoms with E-state index in [1.165, 1.54) is 0 Å². The number of hydrogen-bond donors (Lipinski definition) is 4. The van der Waals surface area contributed by atoms with Gasteiger partial charge in [-0.2, -0.15) is 0 Å². The fourth-order valence-corrected chi connectivity index (χ4v) is 3.01. The zero-order valence-electron chi connectivity index (χ0n) is 21.2. The Balaban J connectivity index is 1.89. The highest BCUT2D eigenvalue weighted by Crippen LogP contribution is 2.31. The van der Waals surface area contributed by atoms with Crippen molar-refractivity contribution in [3.05, 3.63) is 60.0 Å². The molecule has 0 aromatic heterocycles. The second-order valence-electron chi connectivity index (χ2n) is 9.22. The number of amides is 2. The van der Waals surface area contributed by atoms with Crippen molar-refractivity contribution < 1.29 is 19.1 Å². The van der Waals surface area contributed by atoms with Crippen LogP contribution in [0.25, 0.3) is 0 Å². The van der Waals surface area contributed by atoms with E-state index < -0.39 is 0 Å². The summed E-state index contributed by atoms with van der Waals surface area (Å²) >= 11 is 0. The summed E-state index contributed by atoms with van der Waals surface area (Å²) in [7, 11) is 1.63. The van der Waals surface area contributed by atoms with Crippen LogP contribution in [0.2, 0.25) is 0 Å². The third kappa shape index (κ3) is 10.1. The van der Waals surface area contributed by atoms with E-state index >= 15 is 0 Å². The van der Waals surface area contributed by atoms with E-state index in [1.807, 2.05) is 39.0 Å². The summed E-state index contributed by atoms with van der Waals surface area (Å²) in [6, 6.07) is 5.74. The van der Waals surface area contributed by atoms with Gasteiger partial charge in [0, 0.05) is 36.7 Å². The standard InChI is InChI=1S/C26H37N5O4/c1-7-19(31-24(33)15-23(32)27-16-26(3,4)5)9-8-18(2)30-25-21-11-10-20(35-13-12-34-6)14-22(21)28-17-29-25/h7-11,14,17,25,30H,2,12-13,15-16H2,1,3-6H3,(H,27,32)(H,28,29)(H,31,33)/b9-8-,19-7+. The van der Waals surface area contributed by atoms with E-state index in [-0.39, 0.29) is 29.8 Å². The molecular formula is C26H37N5O4. The van der Waals surface area contributed by atoms with Gasteiger partial charge in [-0.15, -0.1) is 0 Å². The van der Waals surface area contributed by atoms with Crippen molar-refractivity contribution in [2.24, 2.45) is 10.4 Å². The molecule has 2 rings (SSSR count). The third-order valence-electron chi connectivity index (χ3n) is 4.84. The number of methoxy groups -OCH3 is 1. The predicted octanol–water partition coefficient (Wildman–Crippen LogP) is 3.40. The number of carbonyl (C=O) groups excluding carboxylic acids is 2. The molecule has 1 unspecified atom stereocenters. The number of ether oxygens (including phenoxy) is 2. The molecule has 1 aliphatic rings. The summed E-state index contributed by atoms with van der Waals surface area (Å²) in [5.74, 6) is 0.0485. The molecule has 1 aliphatic heterocycles.